The molecule has 0 radical (unpaired) electrons. The van der Waals surface area contributed by atoms with E-state index in [1.807, 2.05) is 41.2 Å². The summed E-state index contributed by atoms with van der Waals surface area (Å²) in [5.41, 5.74) is 5.40. The molecule has 0 atom stereocenters. The van der Waals surface area contributed by atoms with Crippen molar-refractivity contribution in [3.63, 3.8) is 0 Å². The van der Waals surface area contributed by atoms with Crippen molar-refractivity contribution in [3.8, 4) is 0 Å². The van der Waals surface area contributed by atoms with Crippen LogP contribution in [-0.4, -0.2) is 15.7 Å². The number of halogens is 1. The summed E-state index contributed by atoms with van der Waals surface area (Å²) < 4.78 is 2.81. The summed E-state index contributed by atoms with van der Waals surface area (Å²) in [6.45, 7) is 0.679. The van der Waals surface area contributed by atoms with Crippen LogP contribution in [0, 0.1) is 0 Å². The normalized spacial score (nSPS) is 12.8. The van der Waals surface area contributed by atoms with Gasteiger partial charge in [-0.1, -0.05) is 18.2 Å². The lowest BCUT2D eigenvalue weighted by molar-refractivity contribution is 0.102. The number of nitrogens with one attached hydrogen (secondary N) is 1. The van der Waals surface area contributed by atoms with E-state index >= 15 is 0 Å². The van der Waals surface area contributed by atoms with Crippen molar-refractivity contribution in [2.45, 2.75) is 25.8 Å². The lowest BCUT2D eigenvalue weighted by Crippen LogP contribution is -2.12. The molecule has 1 amide bonds. The highest BCUT2D eigenvalue weighted by Crippen LogP contribution is 2.25. The second-order valence-electron chi connectivity index (χ2n) is 6.34. The van der Waals surface area contributed by atoms with E-state index in [0.29, 0.717) is 12.1 Å². The Hall–Kier alpha value is -2.40. The second-order valence-corrected chi connectivity index (χ2v) is 7.26. The highest BCUT2D eigenvalue weighted by molar-refractivity contribution is 9.10. The number of anilines is 1. The minimum absolute atomic E-state index is 0.0775. The lowest BCUT2D eigenvalue weighted by atomic mass is 10.1. The number of aryl methyl sites for hydroxylation is 2. The Kier molecular flexibility index (Phi) is 4.40. The molecule has 5 heteroatoms. The van der Waals surface area contributed by atoms with Crippen molar-refractivity contribution in [1.82, 2.24) is 9.78 Å². The molecule has 1 N–H and O–H groups in total. The van der Waals surface area contributed by atoms with Crippen LogP contribution in [0.25, 0.3) is 0 Å². The first-order valence-electron chi connectivity index (χ1n) is 8.37. The van der Waals surface area contributed by atoms with Crippen LogP contribution >= 0.6 is 15.9 Å². The van der Waals surface area contributed by atoms with Gasteiger partial charge in [-0.2, -0.15) is 5.10 Å². The minimum Gasteiger partial charge on any atom is -0.322 e. The molecule has 1 aliphatic carbocycles. The zero-order chi connectivity index (χ0) is 17.2. The van der Waals surface area contributed by atoms with Crippen LogP contribution in [0.15, 0.2) is 59.3 Å². The topological polar surface area (TPSA) is 46.9 Å². The second kappa shape index (κ2) is 6.84. The van der Waals surface area contributed by atoms with Crippen LogP contribution in [0.2, 0.25) is 0 Å². The zero-order valence-electron chi connectivity index (χ0n) is 13.7. The predicted molar refractivity (Wildman–Crippen MR) is 102 cm³/mol. The predicted octanol–water partition coefficient (Wildman–Crippen LogP) is 4.43. The van der Waals surface area contributed by atoms with Crippen LogP contribution in [0.3, 0.4) is 0 Å². The summed E-state index contributed by atoms with van der Waals surface area (Å²) in [6.07, 6.45) is 7.16. The molecule has 1 aromatic heterocycles. The molecule has 0 unspecified atom stereocenters. The lowest BCUT2D eigenvalue weighted by Gasteiger charge is -2.08. The first kappa shape index (κ1) is 16.1. The smallest absolute Gasteiger partial charge is 0.255 e. The van der Waals surface area contributed by atoms with Crippen molar-refractivity contribution in [2.24, 2.45) is 0 Å². The molecule has 0 spiro atoms. The SMILES string of the molecule is O=C(Nc1ccc2c(c1)CCC2)c1ccc(Cn2cc(Br)cn2)cc1. The Balaban J connectivity index is 1.43. The molecule has 0 aliphatic heterocycles. The summed E-state index contributed by atoms with van der Waals surface area (Å²) in [7, 11) is 0. The fourth-order valence-electron chi connectivity index (χ4n) is 3.23. The minimum atomic E-state index is -0.0775. The van der Waals surface area contributed by atoms with Gasteiger partial charge in [-0.05, 0) is 76.1 Å². The van der Waals surface area contributed by atoms with Crippen LogP contribution < -0.4 is 5.32 Å². The Morgan fingerprint density at radius 1 is 1.12 bits per heavy atom. The van der Waals surface area contributed by atoms with E-state index in [1.54, 1.807) is 6.20 Å². The average molecular weight is 396 g/mol. The standard InChI is InChI=1S/C20H18BrN3O/c21-18-11-22-24(13-18)12-14-4-6-16(7-5-14)20(25)23-19-9-8-15-2-1-3-17(15)10-19/h4-11,13H,1-3,12H2,(H,23,25). The average Bonchev–Trinajstić information content (AvgIpc) is 3.24. The molecule has 0 fully saturated rings. The quantitative estimate of drug-likeness (QED) is 0.709. The van der Waals surface area contributed by atoms with Gasteiger partial charge < -0.3 is 5.32 Å². The van der Waals surface area contributed by atoms with E-state index in [9.17, 15) is 4.79 Å². The number of rotatable bonds is 4. The summed E-state index contributed by atoms with van der Waals surface area (Å²) in [5, 5.41) is 7.24. The van der Waals surface area contributed by atoms with E-state index in [2.05, 4.69) is 38.5 Å². The molecule has 1 heterocycles. The van der Waals surface area contributed by atoms with Gasteiger partial charge in [-0.25, -0.2) is 0 Å². The summed E-state index contributed by atoms with van der Waals surface area (Å²) in [4.78, 5) is 12.5. The molecular weight excluding hydrogens is 378 g/mol. The summed E-state index contributed by atoms with van der Waals surface area (Å²) in [5.74, 6) is -0.0775. The third-order valence-electron chi connectivity index (χ3n) is 4.52. The fraction of sp³-hybridized carbons (Fsp3) is 0.200. The summed E-state index contributed by atoms with van der Waals surface area (Å²) >= 11 is 3.39. The molecule has 3 aromatic rings. The van der Waals surface area contributed by atoms with E-state index in [-0.39, 0.29) is 5.91 Å². The number of carbonyl (C=O) groups is 1. The van der Waals surface area contributed by atoms with Crippen molar-refractivity contribution in [2.75, 3.05) is 5.32 Å². The third-order valence-corrected chi connectivity index (χ3v) is 4.93. The number of hydrogen-bond acceptors (Lipinski definition) is 2. The number of fused-ring (bicyclic) bond motifs is 1. The van der Waals surface area contributed by atoms with Gasteiger partial charge in [0.05, 0.1) is 17.2 Å². The first-order chi connectivity index (χ1) is 12.2. The fourth-order valence-corrected chi connectivity index (χ4v) is 3.55. The van der Waals surface area contributed by atoms with Gasteiger partial charge in [0.1, 0.15) is 0 Å². The van der Waals surface area contributed by atoms with Crippen LogP contribution in [-0.2, 0) is 19.4 Å². The van der Waals surface area contributed by atoms with E-state index in [4.69, 9.17) is 0 Å². The number of nitrogens with zero attached hydrogens (tertiary/aromatic N) is 2. The number of benzene rings is 2. The zero-order valence-corrected chi connectivity index (χ0v) is 15.3. The van der Waals surface area contributed by atoms with Crippen LogP contribution in [0.4, 0.5) is 5.69 Å². The van der Waals surface area contributed by atoms with Gasteiger partial charge in [-0.15, -0.1) is 0 Å². The molecular formula is C20H18BrN3O. The largest absolute Gasteiger partial charge is 0.322 e. The highest BCUT2D eigenvalue weighted by atomic mass is 79.9. The molecule has 4 rings (SSSR count). The van der Waals surface area contributed by atoms with Gasteiger partial charge >= 0.3 is 0 Å². The number of carbonyl (C=O) groups excluding carboxylic acids is 1. The van der Waals surface area contributed by atoms with E-state index < -0.39 is 0 Å². The maximum absolute atomic E-state index is 12.5. The number of hydrogen-bond donors (Lipinski definition) is 1. The van der Waals surface area contributed by atoms with Crippen LogP contribution in [0.1, 0.15) is 33.5 Å². The first-order valence-corrected chi connectivity index (χ1v) is 9.17. The molecule has 126 valence electrons. The number of aromatic nitrogens is 2. The van der Waals surface area contributed by atoms with Gasteiger partial charge in [0.2, 0.25) is 0 Å². The van der Waals surface area contributed by atoms with Crippen LogP contribution in [0.5, 0.6) is 0 Å². The van der Waals surface area contributed by atoms with Gasteiger partial charge in [0.15, 0.2) is 0 Å². The van der Waals surface area contributed by atoms with Gasteiger partial charge in [0.25, 0.3) is 5.91 Å². The van der Waals surface area contributed by atoms with Gasteiger partial charge in [-0.3, -0.25) is 9.48 Å². The summed E-state index contributed by atoms with van der Waals surface area (Å²) in [6, 6.07) is 13.9. The monoisotopic (exact) mass is 395 g/mol. The van der Waals surface area contributed by atoms with Crippen molar-refractivity contribution < 1.29 is 4.79 Å². The maximum atomic E-state index is 12.5. The molecule has 0 saturated heterocycles. The van der Waals surface area contributed by atoms with Crippen molar-refractivity contribution in [1.29, 1.82) is 0 Å². The highest BCUT2D eigenvalue weighted by Gasteiger charge is 2.12. The number of amides is 1. The Morgan fingerprint density at radius 2 is 1.92 bits per heavy atom. The van der Waals surface area contributed by atoms with Crippen molar-refractivity contribution >= 4 is 27.5 Å². The maximum Gasteiger partial charge on any atom is 0.255 e. The third kappa shape index (κ3) is 3.66. The molecule has 4 nitrogen and oxygen atoms in total. The molecule has 1 aliphatic rings. The Bertz CT molecular complexity index is 915. The van der Waals surface area contributed by atoms with Gasteiger partial charge in [0, 0.05) is 17.4 Å². The molecule has 0 bridgehead atoms. The van der Waals surface area contributed by atoms with E-state index in [1.165, 1.54) is 17.5 Å². The van der Waals surface area contributed by atoms with E-state index in [0.717, 1.165) is 28.6 Å². The molecule has 2 aromatic carbocycles. The Labute approximate surface area is 155 Å². The molecule has 0 saturated carbocycles. The molecule has 25 heavy (non-hydrogen) atoms. The van der Waals surface area contributed by atoms with Crippen molar-refractivity contribution in [3.05, 3.63) is 81.6 Å². The Morgan fingerprint density at radius 3 is 2.68 bits per heavy atom.